The molecule has 40 heavy (non-hydrogen) atoms. The maximum atomic E-state index is 13.7. The van der Waals surface area contributed by atoms with Crippen molar-refractivity contribution in [2.75, 3.05) is 26.2 Å². The maximum absolute atomic E-state index is 13.7. The van der Waals surface area contributed by atoms with Gasteiger partial charge in [0.05, 0.1) is 29.7 Å². The summed E-state index contributed by atoms with van der Waals surface area (Å²) in [5.74, 6) is -0.908. The minimum Gasteiger partial charge on any atom is -0.466 e. The lowest BCUT2D eigenvalue weighted by molar-refractivity contribution is -0.144. The number of amidine groups is 1. The third kappa shape index (κ3) is 5.59. The van der Waals surface area contributed by atoms with E-state index in [9.17, 15) is 18.0 Å². The molecular weight excluding hydrogens is 552 g/mol. The van der Waals surface area contributed by atoms with Crippen LogP contribution in [0.2, 0.25) is 0 Å². The standard InChI is InChI=1S/C27H32N6O5S2/c1-3-38-24(34)13-20-15-32(8-9-33(20)27(35)26-31-22-10-16(2)30-14-23(22)39-26)40(36,37)21-7-6-17-4-5-18(25(28)29)11-19(17)12-21/h4-7,11-12,16,20,30H,3,8-10,13-15H2,1-2H3,(H3,28,29). The number of carbonyl (C=O) groups excluding carboxylic acids is 2. The molecule has 2 aliphatic rings. The number of nitrogens with two attached hydrogens (primary N) is 1. The smallest absolute Gasteiger partial charge is 0.307 e. The predicted octanol–water partition coefficient (Wildman–Crippen LogP) is 2.08. The van der Waals surface area contributed by atoms with Crippen molar-refractivity contribution < 1.29 is 22.7 Å². The third-order valence-corrected chi connectivity index (χ3v) is 10.2. The number of nitrogens with zero attached hydrogens (tertiary/aromatic N) is 3. The van der Waals surface area contributed by atoms with Crippen molar-refractivity contribution in [3.8, 4) is 0 Å². The van der Waals surface area contributed by atoms with Crippen LogP contribution in [0.3, 0.4) is 0 Å². The molecule has 0 aliphatic carbocycles. The van der Waals surface area contributed by atoms with E-state index >= 15 is 0 Å². The second-order valence-electron chi connectivity index (χ2n) is 10.0. The number of sulfonamides is 1. The number of esters is 1. The van der Waals surface area contributed by atoms with Gasteiger partial charge in [-0.25, -0.2) is 13.4 Å². The van der Waals surface area contributed by atoms with E-state index in [1.54, 1.807) is 42.2 Å². The van der Waals surface area contributed by atoms with Gasteiger partial charge in [-0.05, 0) is 42.8 Å². The molecule has 2 aromatic carbocycles. The van der Waals surface area contributed by atoms with E-state index in [1.807, 2.05) is 0 Å². The highest BCUT2D eigenvalue weighted by atomic mass is 32.2. The minimum absolute atomic E-state index is 0.0535. The van der Waals surface area contributed by atoms with Gasteiger partial charge in [-0.1, -0.05) is 18.2 Å². The Balaban J connectivity index is 1.41. The van der Waals surface area contributed by atoms with Gasteiger partial charge in [-0.3, -0.25) is 15.0 Å². The number of benzene rings is 2. The highest BCUT2D eigenvalue weighted by Gasteiger charge is 2.39. The van der Waals surface area contributed by atoms with Crippen LogP contribution in [0.1, 0.15) is 46.2 Å². The van der Waals surface area contributed by atoms with Gasteiger partial charge in [0.2, 0.25) is 10.0 Å². The Morgan fingerprint density at radius 1 is 1.20 bits per heavy atom. The average Bonchev–Trinajstić information content (AvgIpc) is 3.35. The highest BCUT2D eigenvalue weighted by molar-refractivity contribution is 7.89. The van der Waals surface area contributed by atoms with E-state index in [4.69, 9.17) is 15.9 Å². The molecule has 1 fully saturated rings. The van der Waals surface area contributed by atoms with Crippen molar-refractivity contribution in [3.05, 3.63) is 57.5 Å². The van der Waals surface area contributed by atoms with Gasteiger partial charge in [0.1, 0.15) is 5.84 Å². The van der Waals surface area contributed by atoms with E-state index < -0.39 is 22.0 Å². The molecule has 1 aromatic heterocycles. The molecule has 2 aliphatic heterocycles. The summed E-state index contributed by atoms with van der Waals surface area (Å²) >= 11 is 1.34. The molecule has 4 N–H and O–H groups in total. The first-order valence-electron chi connectivity index (χ1n) is 13.1. The molecular formula is C27H32N6O5S2. The zero-order chi connectivity index (χ0) is 28.6. The van der Waals surface area contributed by atoms with Crippen molar-refractivity contribution in [3.63, 3.8) is 0 Å². The number of ether oxygens (including phenoxy) is 1. The molecule has 0 saturated carbocycles. The van der Waals surface area contributed by atoms with Gasteiger partial charge in [-0.15, -0.1) is 11.3 Å². The van der Waals surface area contributed by atoms with Crippen LogP contribution in [0.4, 0.5) is 0 Å². The van der Waals surface area contributed by atoms with E-state index in [0.29, 0.717) is 22.5 Å². The topological polar surface area (TPSA) is 159 Å². The van der Waals surface area contributed by atoms with Gasteiger partial charge in [0.15, 0.2) is 5.01 Å². The molecule has 0 spiro atoms. The quantitative estimate of drug-likeness (QED) is 0.216. The van der Waals surface area contributed by atoms with Crippen LogP contribution in [-0.2, 0) is 32.5 Å². The molecule has 13 heteroatoms. The minimum atomic E-state index is -3.95. The fraction of sp³-hybridized carbons (Fsp3) is 0.407. The number of hydrogen-bond donors (Lipinski definition) is 3. The molecule has 5 rings (SSSR count). The number of nitrogen functional groups attached to an aromatic ring is 1. The van der Waals surface area contributed by atoms with Crippen LogP contribution in [0.5, 0.6) is 0 Å². The van der Waals surface area contributed by atoms with Crippen molar-refractivity contribution in [2.24, 2.45) is 5.73 Å². The second-order valence-corrected chi connectivity index (χ2v) is 13.1. The Morgan fingerprint density at radius 3 is 2.73 bits per heavy atom. The highest BCUT2D eigenvalue weighted by Crippen LogP contribution is 2.29. The monoisotopic (exact) mass is 584 g/mol. The first kappa shape index (κ1) is 28.1. The number of piperazine rings is 1. The second kappa shape index (κ2) is 11.2. The predicted molar refractivity (Wildman–Crippen MR) is 152 cm³/mol. The molecule has 3 heterocycles. The van der Waals surface area contributed by atoms with E-state index in [-0.39, 0.29) is 55.3 Å². The van der Waals surface area contributed by atoms with Crippen molar-refractivity contribution >= 4 is 49.8 Å². The molecule has 2 atom stereocenters. The van der Waals surface area contributed by atoms with Gasteiger partial charge in [0.25, 0.3) is 5.91 Å². The van der Waals surface area contributed by atoms with E-state index in [0.717, 1.165) is 22.4 Å². The number of carbonyl (C=O) groups is 2. The lowest BCUT2D eigenvalue weighted by atomic mass is 10.1. The summed E-state index contributed by atoms with van der Waals surface area (Å²) in [6.07, 6.45) is 0.603. The largest absolute Gasteiger partial charge is 0.466 e. The number of hydrogen-bond acceptors (Lipinski definition) is 9. The molecule has 1 amide bonds. The lowest BCUT2D eigenvalue weighted by Crippen LogP contribution is -2.57. The van der Waals surface area contributed by atoms with Crippen LogP contribution < -0.4 is 11.1 Å². The van der Waals surface area contributed by atoms with Crippen molar-refractivity contribution in [1.82, 2.24) is 19.5 Å². The molecule has 1 saturated heterocycles. The summed E-state index contributed by atoms with van der Waals surface area (Å²) in [5.41, 5.74) is 7.02. The summed E-state index contributed by atoms with van der Waals surface area (Å²) in [6.45, 7) is 4.74. The fourth-order valence-corrected chi connectivity index (χ4v) is 7.63. The summed E-state index contributed by atoms with van der Waals surface area (Å²) in [5, 5.41) is 12.9. The summed E-state index contributed by atoms with van der Waals surface area (Å²) in [4.78, 5) is 33.4. The first-order valence-corrected chi connectivity index (χ1v) is 15.4. The Hall–Kier alpha value is -3.39. The summed E-state index contributed by atoms with van der Waals surface area (Å²) < 4.78 is 33.9. The maximum Gasteiger partial charge on any atom is 0.307 e. The normalized spacial score (nSPS) is 19.8. The number of nitrogens with one attached hydrogen (secondary N) is 2. The average molecular weight is 585 g/mol. The molecule has 11 nitrogen and oxygen atoms in total. The van der Waals surface area contributed by atoms with Gasteiger partial charge >= 0.3 is 5.97 Å². The Morgan fingerprint density at radius 2 is 1.98 bits per heavy atom. The number of amides is 1. The number of fused-ring (bicyclic) bond motifs is 2. The van der Waals surface area contributed by atoms with E-state index in [1.165, 1.54) is 21.7 Å². The van der Waals surface area contributed by atoms with Crippen LogP contribution in [-0.4, -0.2) is 78.6 Å². The van der Waals surface area contributed by atoms with Gasteiger partial charge < -0.3 is 20.7 Å². The van der Waals surface area contributed by atoms with Gasteiger partial charge in [-0.2, -0.15) is 4.31 Å². The third-order valence-electron chi connectivity index (χ3n) is 7.25. The van der Waals surface area contributed by atoms with E-state index in [2.05, 4.69) is 17.2 Å². The summed E-state index contributed by atoms with van der Waals surface area (Å²) in [6, 6.07) is 9.55. The van der Waals surface area contributed by atoms with Crippen LogP contribution in [0.15, 0.2) is 41.3 Å². The zero-order valence-corrected chi connectivity index (χ0v) is 24.0. The first-order chi connectivity index (χ1) is 19.1. The van der Waals surface area contributed by atoms with Crippen LogP contribution in [0.25, 0.3) is 10.8 Å². The molecule has 212 valence electrons. The van der Waals surface area contributed by atoms with Crippen molar-refractivity contribution in [2.45, 2.75) is 50.2 Å². The molecule has 0 bridgehead atoms. The Labute approximate surface area is 236 Å². The number of thiazole rings is 1. The fourth-order valence-electron chi connectivity index (χ4n) is 5.13. The molecule has 2 unspecified atom stereocenters. The van der Waals surface area contributed by atoms with Crippen LogP contribution in [0, 0.1) is 5.41 Å². The van der Waals surface area contributed by atoms with Crippen molar-refractivity contribution in [1.29, 1.82) is 5.41 Å². The van der Waals surface area contributed by atoms with Gasteiger partial charge in [0, 0.05) is 49.1 Å². The lowest BCUT2D eigenvalue weighted by Gasteiger charge is -2.40. The Kier molecular flexibility index (Phi) is 7.91. The van der Waals surface area contributed by atoms with Crippen LogP contribution >= 0.6 is 11.3 Å². The zero-order valence-electron chi connectivity index (χ0n) is 22.3. The number of aromatic nitrogens is 1. The molecule has 0 radical (unpaired) electrons. The Bertz CT molecular complexity index is 1590. The number of rotatable bonds is 7. The SMILES string of the molecule is CCOC(=O)CC1CN(S(=O)(=O)c2ccc3ccc(C(=N)N)cc3c2)CCN1C(=O)c1nc2c(s1)CNC(C)C2. The summed E-state index contributed by atoms with van der Waals surface area (Å²) in [7, 11) is -3.95. The molecule has 3 aromatic rings.